The van der Waals surface area contributed by atoms with Crippen molar-refractivity contribution in [3.63, 3.8) is 0 Å². The van der Waals surface area contributed by atoms with Crippen LogP contribution in [0.1, 0.15) is 40.0 Å². The molecule has 0 amide bonds. The van der Waals surface area contributed by atoms with Crippen molar-refractivity contribution in [3.05, 3.63) is 186 Å². The van der Waals surface area contributed by atoms with Crippen LogP contribution in [0.25, 0.3) is 55.9 Å². The Hall–Kier alpha value is -6.86. The van der Waals surface area contributed by atoms with Gasteiger partial charge in [-0.25, -0.2) is 4.98 Å². The van der Waals surface area contributed by atoms with Gasteiger partial charge in [0, 0.05) is 58.4 Å². The zero-order valence-electron chi connectivity index (χ0n) is 27.5. The molecule has 0 bridgehead atoms. The average Bonchev–Trinajstić information content (AvgIpc) is 3.55. The van der Waals surface area contributed by atoms with Crippen molar-refractivity contribution in [3.8, 4) is 5.82 Å². The minimum absolute atomic E-state index is 0.00998. The Kier molecular flexibility index (Phi) is 6.80. The smallest absolute Gasteiger partial charge is 0.137 e. The number of para-hydroxylation sites is 1. The van der Waals surface area contributed by atoms with E-state index < -0.39 is 0 Å². The number of hydrogen-bond acceptors (Lipinski definition) is 6. The van der Waals surface area contributed by atoms with Gasteiger partial charge in [0.1, 0.15) is 5.82 Å². The van der Waals surface area contributed by atoms with Gasteiger partial charge in [0.2, 0.25) is 0 Å². The van der Waals surface area contributed by atoms with E-state index in [1.807, 2.05) is 49.2 Å². The molecule has 2 N–H and O–H groups in total. The summed E-state index contributed by atoms with van der Waals surface area (Å²) in [6, 6.07) is 37.8. The minimum atomic E-state index is -0.119. The monoisotopic (exact) mass is 657 g/mol. The molecule has 0 saturated heterocycles. The van der Waals surface area contributed by atoms with Crippen LogP contribution in [-0.2, 0) is 0 Å². The Labute approximate surface area is 294 Å². The van der Waals surface area contributed by atoms with E-state index in [-0.39, 0.29) is 12.1 Å². The SMILES string of the molecule is C1=CC(c2cccc(C3=CC(c4ccccn4)NC(c4ccc(-n5c6ccccc6c6cnccc65)nc4)=C3)c2)Nc2c1ccc1cccnc21. The fraction of sp³-hybridized carbons (Fsp3) is 0.0455. The third kappa shape index (κ3) is 5.06. The number of nitrogens with one attached hydrogen (secondary N) is 2. The number of anilines is 1. The number of allylic oxidation sites excluding steroid dienone is 2. The Bertz CT molecular complexity index is 2650. The molecule has 2 unspecified atom stereocenters. The Morgan fingerprint density at radius 1 is 0.627 bits per heavy atom. The van der Waals surface area contributed by atoms with Crippen LogP contribution < -0.4 is 10.6 Å². The number of pyridine rings is 4. The van der Waals surface area contributed by atoms with Crippen molar-refractivity contribution in [2.45, 2.75) is 12.1 Å². The topological polar surface area (TPSA) is 80.5 Å². The van der Waals surface area contributed by atoms with Crippen LogP contribution in [0.5, 0.6) is 0 Å². The third-order valence-corrected chi connectivity index (χ3v) is 9.88. The first-order valence-electron chi connectivity index (χ1n) is 17.1. The highest BCUT2D eigenvalue weighted by molar-refractivity contribution is 6.08. The number of hydrogen-bond donors (Lipinski definition) is 2. The van der Waals surface area contributed by atoms with E-state index in [1.165, 1.54) is 5.56 Å². The highest BCUT2D eigenvalue weighted by Gasteiger charge is 2.22. The van der Waals surface area contributed by atoms with Gasteiger partial charge < -0.3 is 10.6 Å². The van der Waals surface area contributed by atoms with Crippen LogP contribution in [0, 0.1) is 0 Å². The lowest BCUT2D eigenvalue weighted by atomic mass is 9.92. The van der Waals surface area contributed by atoms with Gasteiger partial charge in [-0.1, -0.05) is 72.8 Å². The first-order valence-corrected chi connectivity index (χ1v) is 17.1. The summed E-state index contributed by atoms with van der Waals surface area (Å²) in [5.74, 6) is 0.856. The average molecular weight is 658 g/mol. The molecule has 5 aromatic heterocycles. The molecule has 7 heterocycles. The maximum absolute atomic E-state index is 5.01. The summed E-state index contributed by atoms with van der Waals surface area (Å²) in [5.41, 5.74) is 11.8. The van der Waals surface area contributed by atoms with Crippen molar-refractivity contribution in [2.24, 2.45) is 0 Å². The van der Waals surface area contributed by atoms with Crippen molar-refractivity contribution in [1.82, 2.24) is 29.8 Å². The zero-order chi connectivity index (χ0) is 33.7. The number of rotatable bonds is 5. The lowest BCUT2D eigenvalue weighted by molar-refractivity contribution is 0.738. The van der Waals surface area contributed by atoms with Gasteiger partial charge in [-0.3, -0.25) is 19.5 Å². The summed E-state index contributed by atoms with van der Waals surface area (Å²) >= 11 is 0. The lowest BCUT2D eigenvalue weighted by Gasteiger charge is -2.26. The molecule has 7 nitrogen and oxygen atoms in total. The number of dihydropyridines is 1. The lowest BCUT2D eigenvalue weighted by Crippen LogP contribution is -2.22. The molecule has 242 valence electrons. The Balaban J connectivity index is 1.02. The largest absolute Gasteiger partial charge is 0.373 e. The molecular formula is C44H31N7. The number of aromatic nitrogens is 5. The molecular weight excluding hydrogens is 627 g/mol. The molecule has 0 fully saturated rings. The minimum Gasteiger partial charge on any atom is -0.373 e. The molecule has 0 spiro atoms. The van der Waals surface area contributed by atoms with Crippen LogP contribution in [0.15, 0.2) is 158 Å². The third-order valence-electron chi connectivity index (χ3n) is 9.88. The molecule has 7 heteroatoms. The highest BCUT2D eigenvalue weighted by Crippen LogP contribution is 2.37. The van der Waals surface area contributed by atoms with Crippen molar-refractivity contribution in [2.75, 3.05) is 5.32 Å². The van der Waals surface area contributed by atoms with E-state index in [1.54, 1.807) is 0 Å². The van der Waals surface area contributed by atoms with Crippen LogP contribution in [0.3, 0.4) is 0 Å². The fourth-order valence-electron chi connectivity index (χ4n) is 7.40. The van der Waals surface area contributed by atoms with E-state index in [4.69, 9.17) is 15.0 Å². The van der Waals surface area contributed by atoms with E-state index >= 15 is 0 Å². The predicted molar refractivity (Wildman–Crippen MR) is 206 cm³/mol. The number of benzene rings is 3. The maximum Gasteiger partial charge on any atom is 0.137 e. The van der Waals surface area contributed by atoms with E-state index in [2.05, 4.69) is 135 Å². The summed E-state index contributed by atoms with van der Waals surface area (Å²) in [6.07, 6.45) is 18.3. The Morgan fingerprint density at radius 3 is 2.47 bits per heavy atom. The fourth-order valence-corrected chi connectivity index (χ4v) is 7.40. The molecule has 8 aromatic rings. The second kappa shape index (κ2) is 11.9. The van der Waals surface area contributed by atoms with Crippen LogP contribution >= 0.6 is 0 Å². The summed E-state index contributed by atoms with van der Waals surface area (Å²) in [5, 5.41) is 10.9. The summed E-state index contributed by atoms with van der Waals surface area (Å²) in [6.45, 7) is 0. The van der Waals surface area contributed by atoms with Crippen LogP contribution in [0.2, 0.25) is 0 Å². The molecule has 2 aliphatic rings. The standard InChI is InChI=1S/C44H31N7/c1-2-12-40-34(10-1)35-27-45-22-19-41(35)51(40)42-18-16-32(26-48-42)38-24-33(25-39(49-38)37-11-3-4-20-46-37)30-7-5-8-31(23-30)36-17-15-29-14-13-28-9-6-21-47-43(28)44(29)50-36/h1-27,36,39,49-50H. The second-order valence-electron chi connectivity index (χ2n) is 12.9. The van der Waals surface area contributed by atoms with Gasteiger partial charge in [-0.15, -0.1) is 0 Å². The van der Waals surface area contributed by atoms with E-state index in [9.17, 15) is 0 Å². The summed E-state index contributed by atoms with van der Waals surface area (Å²) < 4.78 is 2.21. The van der Waals surface area contributed by atoms with Gasteiger partial charge in [0.15, 0.2) is 0 Å². The van der Waals surface area contributed by atoms with Crippen molar-refractivity contribution >= 4 is 55.7 Å². The normalized spacial score (nSPS) is 16.7. The molecule has 51 heavy (non-hydrogen) atoms. The second-order valence-corrected chi connectivity index (χ2v) is 12.9. The van der Waals surface area contributed by atoms with Gasteiger partial charge in [-0.2, -0.15) is 0 Å². The predicted octanol–water partition coefficient (Wildman–Crippen LogP) is 9.47. The van der Waals surface area contributed by atoms with Gasteiger partial charge in [0.05, 0.1) is 40.0 Å². The van der Waals surface area contributed by atoms with Crippen molar-refractivity contribution in [1.29, 1.82) is 0 Å². The van der Waals surface area contributed by atoms with Gasteiger partial charge in [-0.05, 0) is 82.9 Å². The van der Waals surface area contributed by atoms with Crippen LogP contribution in [-0.4, -0.2) is 24.5 Å². The Morgan fingerprint density at radius 2 is 1.55 bits per heavy atom. The van der Waals surface area contributed by atoms with Crippen LogP contribution in [0.4, 0.5) is 5.69 Å². The molecule has 3 aromatic carbocycles. The molecule has 10 rings (SSSR count). The highest BCUT2D eigenvalue weighted by atomic mass is 15.1. The summed E-state index contributed by atoms with van der Waals surface area (Å²) in [4.78, 5) is 18.8. The van der Waals surface area contributed by atoms with Gasteiger partial charge in [0.25, 0.3) is 0 Å². The first kappa shape index (κ1) is 29.1. The van der Waals surface area contributed by atoms with Crippen molar-refractivity contribution < 1.29 is 0 Å². The quantitative estimate of drug-likeness (QED) is 0.192. The number of nitrogens with zero attached hydrogens (tertiary/aromatic N) is 5. The van der Waals surface area contributed by atoms with Gasteiger partial charge >= 0.3 is 0 Å². The first-order chi connectivity index (χ1) is 25.3. The maximum atomic E-state index is 5.01. The summed E-state index contributed by atoms with van der Waals surface area (Å²) in [7, 11) is 0. The van der Waals surface area contributed by atoms with E-state index in [0.29, 0.717) is 0 Å². The molecule has 0 radical (unpaired) electrons. The zero-order valence-corrected chi connectivity index (χ0v) is 27.5. The van der Waals surface area contributed by atoms with E-state index in [0.717, 1.165) is 77.9 Å². The molecule has 0 saturated carbocycles. The molecule has 0 aliphatic carbocycles. The molecule has 2 aliphatic heterocycles. The number of fused-ring (bicyclic) bond motifs is 6. The molecule has 2 atom stereocenters.